The Morgan fingerprint density at radius 3 is 2.39 bits per heavy atom. The van der Waals surface area contributed by atoms with Gasteiger partial charge in [0.2, 0.25) is 17.6 Å². The number of amides is 2. The third kappa shape index (κ3) is 6.88. The van der Waals surface area contributed by atoms with Crippen LogP contribution in [0.5, 0.6) is 0 Å². The molecule has 2 saturated heterocycles. The van der Waals surface area contributed by atoms with Crippen LogP contribution >= 0.6 is 0 Å². The van der Waals surface area contributed by atoms with E-state index < -0.39 is 34.7 Å². The van der Waals surface area contributed by atoms with Crippen molar-refractivity contribution in [1.82, 2.24) is 15.5 Å². The van der Waals surface area contributed by atoms with Crippen LogP contribution in [-0.2, 0) is 37.7 Å². The largest absolute Gasteiger partial charge is 0.390 e. The van der Waals surface area contributed by atoms with Crippen LogP contribution in [0, 0.1) is 6.92 Å². The van der Waals surface area contributed by atoms with Crippen molar-refractivity contribution in [3.8, 4) is 0 Å². The molecule has 252 valence electrons. The number of aryl methyl sites for hydroxylation is 2. The lowest BCUT2D eigenvalue weighted by molar-refractivity contribution is -0.319. The molecule has 2 heterocycles. The molecule has 2 amide bonds. The van der Waals surface area contributed by atoms with E-state index in [2.05, 4.69) is 34.9 Å². The molecule has 0 radical (unpaired) electrons. The maximum Gasteiger partial charge on any atom is 0.245 e. The molecule has 5 N–H and O–H groups in total. The molecule has 2 aromatic rings. The number of aliphatic hydroxyl groups is 3. The normalized spacial score (nSPS) is 26.9. The van der Waals surface area contributed by atoms with Crippen molar-refractivity contribution in [2.24, 2.45) is 0 Å². The fourth-order valence-corrected chi connectivity index (χ4v) is 6.79. The first kappa shape index (κ1) is 34.5. The lowest BCUT2D eigenvalue weighted by Crippen LogP contribution is -2.63. The molecule has 1 saturated carbocycles. The predicted molar refractivity (Wildman–Crippen MR) is 174 cm³/mol. The van der Waals surface area contributed by atoms with E-state index in [1.165, 1.54) is 0 Å². The van der Waals surface area contributed by atoms with Crippen LogP contribution in [0.3, 0.4) is 0 Å². The molecule has 3 fully saturated rings. The van der Waals surface area contributed by atoms with Crippen molar-refractivity contribution in [2.45, 2.75) is 107 Å². The summed E-state index contributed by atoms with van der Waals surface area (Å²) in [4.78, 5) is 27.5. The van der Waals surface area contributed by atoms with E-state index in [4.69, 9.17) is 9.47 Å². The van der Waals surface area contributed by atoms with E-state index in [0.29, 0.717) is 44.2 Å². The van der Waals surface area contributed by atoms with Gasteiger partial charge in [-0.2, -0.15) is 0 Å². The first-order valence-electron chi connectivity index (χ1n) is 16.5. The van der Waals surface area contributed by atoms with Gasteiger partial charge in [-0.3, -0.25) is 9.59 Å². The molecule has 0 aromatic heterocycles. The summed E-state index contributed by atoms with van der Waals surface area (Å²) >= 11 is 0. The third-order valence-corrected chi connectivity index (χ3v) is 10.2. The summed E-state index contributed by atoms with van der Waals surface area (Å²) < 4.78 is 12.5. The topological polar surface area (TPSA) is 141 Å². The summed E-state index contributed by atoms with van der Waals surface area (Å²) in [5.41, 5.74) is 1.78. The Bertz CT molecular complexity index is 1400. The highest BCUT2D eigenvalue weighted by Crippen LogP contribution is 2.53. The fraction of sp³-hybridized carbons (Fsp3) is 0.611. The zero-order valence-corrected chi connectivity index (χ0v) is 27.9. The van der Waals surface area contributed by atoms with E-state index in [-0.39, 0.29) is 24.8 Å². The number of nitrogens with zero attached hydrogens (tertiary/aromatic N) is 1. The number of fused-ring (bicyclic) bond motifs is 2. The number of benzene rings is 2. The fourth-order valence-electron chi connectivity index (χ4n) is 6.79. The number of hydrogen-bond acceptors (Lipinski definition) is 8. The summed E-state index contributed by atoms with van der Waals surface area (Å²) in [6, 6.07) is 14.1. The van der Waals surface area contributed by atoms with E-state index in [0.717, 1.165) is 41.6 Å². The second kappa shape index (κ2) is 13.3. The highest BCUT2D eigenvalue weighted by Gasteiger charge is 2.67. The first-order chi connectivity index (χ1) is 21.7. The Morgan fingerprint density at radius 2 is 1.76 bits per heavy atom. The number of nitrogens with one attached hydrogen (secondary N) is 2. The number of hydrogen-bond donors (Lipinski definition) is 5. The number of carbonyl (C=O) groups excluding carboxylic acids is 2. The van der Waals surface area contributed by atoms with Crippen molar-refractivity contribution in [1.29, 1.82) is 0 Å². The van der Waals surface area contributed by atoms with Gasteiger partial charge in [0.1, 0.15) is 17.2 Å². The molecule has 0 unspecified atom stereocenters. The van der Waals surface area contributed by atoms with E-state index >= 15 is 0 Å². The number of carbonyl (C=O) groups is 2. The Morgan fingerprint density at radius 1 is 1.07 bits per heavy atom. The number of likely N-dealkylation sites (N-methyl/N-ethyl adjacent to an activating group) is 1. The Labute approximate surface area is 272 Å². The van der Waals surface area contributed by atoms with Crippen molar-refractivity contribution in [2.75, 3.05) is 33.8 Å². The van der Waals surface area contributed by atoms with Gasteiger partial charge in [-0.05, 0) is 102 Å². The minimum absolute atomic E-state index is 0.0597. The Hall–Kier alpha value is -2.86. The zero-order chi connectivity index (χ0) is 33.3. The number of rotatable bonds is 13. The molecule has 1 aliphatic carbocycles. The molecular weight excluding hydrogens is 586 g/mol. The molecule has 46 heavy (non-hydrogen) atoms. The SMILES string of the molecule is Cc1ccc([C@@]23OC[C@@](C(C)(C)O)(C[C@H](O)[C@H]2O)O3)cc1Cc1ccc(CCCC(=O)NC2(C(=O)NCCN(C)C)CCC2)cc1. The van der Waals surface area contributed by atoms with Gasteiger partial charge in [0, 0.05) is 31.5 Å². The van der Waals surface area contributed by atoms with Crippen molar-refractivity contribution >= 4 is 11.8 Å². The highest BCUT2D eigenvalue weighted by molar-refractivity contribution is 5.92. The lowest BCUT2D eigenvalue weighted by Gasteiger charge is -2.48. The van der Waals surface area contributed by atoms with Crippen LogP contribution in [0.25, 0.3) is 0 Å². The maximum atomic E-state index is 12.8. The molecule has 10 heteroatoms. The smallest absolute Gasteiger partial charge is 0.245 e. The van der Waals surface area contributed by atoms with Gasteiger partial charge in [-0.15, -0.1) is 0 Å². The van der Waals surface area contributed by atoms with Crippen LogP contribution < -0.4 is 10.6 Å². The van der Waals surface area contributed by atoms with Gasteiger partial charge in [0.25, 0.3) is 0 Å². The summed E-state index contributed by atoms with van der Waals surface area (Å²) in [5, 5.41) is 38.7. The molecule has 2 aliphatic heterocycles. The van der Waals surface area contributed by atoms with Crippen molar-refractivity contribution in [3.63, 3.8) is 0 Å². The Kier molecular flexibility index (Phi) is 9.99. The molecule has 10 nitrogen and oxygen atoms in total. The molecule has 3 aliphatic rings. The summed E-state index contributed by atoms with van der Waals surface area (Å²) in [6.07, 6.45) is 2.42. The Balaban J connectivity index is 1.17. The van der Waals surface area contributed by atoms with E-state index in [1.807, 2.05) is 44.1 Å². The van der Waals surface area contributed by atoms with Gasteiger partial charge in [-0.25, -0.2) is 0 Å². The minimum Gasteiger partial charge on any atom is -0.390 e. The van der Waals surface area contributed by atoms with E-state index in [9.17, 15) is 24.9 Å². The molecule has 5 rings (SSSR count). The average molecular weight is 638 g/mol. The standard InChI is InChI=1S/C36H51N3O7/c1-24-10-15-28(36-31(42)29(40)22-35(46-36,23-45-36)33(2,3)44)21-27(24)20-26-13-11-25(12-14-26)8-6-9-30(41)38-34(16-7-17-34)32(43)37-18-19-39(4)5/h10-15,21,29,31,40,42,44H,6-9,16-20,22-23H2,1-5H3,(H,37,43)(H,38,41)/t29-,31+,35+,36-/m0/s1. The van der Waals surface area contributed by atoms with Crippen molar-refractivity contribution < 1.29 is 34.4 Å². The molecule has 4 atom stereocenters. The average Bonchev–Trinajstić information content (AvgIpc) is 3.33. The van der Waals surface area contributed by atoms with Gasteiger partial charge < -0.3 is 40.3 Å². The second-order valence-electron chi connectivity index (χ2n) is 14.4. The minimum atomic E-state index is -1.57. The molecule has 2 bridgehead atoms. The van der Waals surface area contributed by atoms with E-state index in [1.54, 1.807) is 13.8 Å². The molecule has 0 spiro atoms. The number of ether oxygens (including phenoxy) is 2. The molecule has 2 aromatic carbocycles. The summed E-state index contributed by atoms with van der Waals surface area (Å²) in [7, 11) is 3.92. The van der Waals surface area contributed by atoms with Gasteiger partial charge in [0.15, 0.2) is 0 Å². The van der Waals surface area contributed by atoms with Gasteiger partial charge in [0.05, 0.1) is 18.3 Å². The van der Waals surface area contributed by atoms with Crippen LogP contribution in [0.15, 0.2) is 42.5 Å². The maximum absolute atomic E-state index is 12.8. The first-order valence-corrected chi connectivity index (χ1v) is 16.5. The summed E-state index contributed by atoms with van der Waals surface area (Å²) in [5.74, 6) is -1.73. The second-order valence-corrected chi connectivity index (χ2v) is 14.4. The lowest BCUT2D eigenvalue weighted by atomic mass is 9.75. The van der Waals surface area contributed by atoms with Gasteiger partial charge in [-0.1, -0.05) is 36.4 Å². The van der Waals surface area contributed by atoms with Crippen LogP contribution in [-0.4, -0.2) is 94.8 Å². The molecular formula is C36H51N3O7. The van der Waals surface area contributed by atoms with Crippen LogP contribution in [0.1, 0.15) is 80.2 Å². The highest BCUT2D eigenvalue weighted by atomic mass is 16.8. The van der Waals surface area contributed by atoms with Gasteiger partial charge >= 0.3 is 0 Å². The summed E-state index contributed by atoms with van der Waals surface area (Å²) in [6.45, 7) is 6.67. The van der Waals surface area contributed by atoms with Crippen LogP contribution in [0.2, 0.25) is 0 Å². The quantitative estimate of drug-likeness (QED) is 0.226. The predicted octanol–water partition coefficient (Wildman–Crippen LogP) is 2.46. The zero-order valence-electron chi connectivity index (χ0n) is 27.9. The van der Waals surface area contributed by atoms with Crippen molar-refractivity contribution in [3.05, 3.63) is 70.3 Å². The van der Waals surface area contributed by atoms with Crippen LogP contribution in [0.4, 0.5) is 0 Å². The monoisotopic (exact) mass is 637 g/mol. The number of aliphatic hydroxyl groups excluding tert-OH is 2. The third-order valence-electron chi connectivity index (χ3n) is 10.2.